The minimum absolute atomic E-state index is 0.260. The number of halogens is 2. The number of nitrogens with zero attached hydrogens (tertiary/aromatic N) is 7. The normalized spacial score (nSPS) is 23.8. The molecule has 10 heteroatoms. The molecule has 1 spiro atoms. The van der Waals surface area contributed by atoms with E-state index >= 15 is 0 Å². The van der Waals surface area contributed by atoms with Gasteiger partial charge < -0.3 is 9.64 Å². The Kier molecular flexibility index (Phi) is 4.69. The average molecular weight is 482 g/mol. The highest BCUT2D eigenvalue weighted by molar-refractivity contribution is 6.30. The number of benzene rings is 1. The molecule has 3 aromatic rings. The third-order valence-electron chi connectivity index (χ3n) is 7.84. The molecule has 8 nitrogen and oxygen atoms in total. The molecular formula is C24H25ClFN7O. The Hall–Kier alpha value is -2.62. The molecule has 0 amide bonds. The van der Waals surface area contributed by atoms with E-state index in [-0.39, 0.29) is 5.41 Å². The lowest BCUT2D eigenvalue weighted by atomic mass is 9.57. The molecule has 0 bridgehead atoms. The maximum absolute atomic E-state index is 13.1. The third kappa shape index (κ3) is 3.32. The number of fused-ring (bicyclic) bond motifs is 3. The highest BCUT2D eigenvalue weighted by atomic mass is 35.5. The summed E-state index contributed by atoms with van der Waals surface area (Å²) in [5.74, 6) is 2.59. The van der Waals surface area contributed by atoms with Crippen LogP contribution in [0.4, 0.5) is 10.3 Å². The first-order chi connectivity index (χ1) is 16.6. The van der Waals surface area contributed by atoms with Crippen LogP contribution >= 0.6 is 11.6 Å². The Morgan fingerprint density at radius 2 is 1.91 bits per heavy atom. The number of anilines is 1. The van der Waals surface area contributed by atoms with Crippen molar-refractivity contribution in [1.29, 1.82) is 0 Å². The van der Waals surface area contributed by atoms with Crippen LogP contribution in [0.15, 0.2) is 30.6 Å². The molecule has 0 unspecified atom stereocenters. The zero-order chi connectivity index (χ0) is 22.9. The number of rotatable bonds is 3. The fourth-order valence-corrected chi connectivity index (χ4v) is 6.38. The first-order valence-electron chi connectivity index (χ1n) is 11.8. The highest BCUT2D eigenvalue weighted by Gasteiger charge is 2.54. The second-order valence-electron chi connectivity index (χ2n) is 10.2. The van der Waals surface area contributed by atoms with Gasteiger partial charge in [0.25, 0.3) is 0 Å². The van der Waals surface area contributed by atoms with Gasteiger partial charge in [-0.05, 0) is 43.0 Å². The molecular weight excluding hydrogens is 457 g/mol. The van der Waals surface area contributed by atoms with Crippen molar-refractivity contribution in [2.24, 2.45) is 5.41 Å². The van der Waals surface area contributed by atoms with Gasteiger partial charge in [0.05, 0.1) is 31.2 Å². The number of ether oxygens (including phenoxy) is 1. The van der Waals surface area contributed by atoms with Gasteiger partial charge in [-0.1, -0.05) is 11.6 Å². The lowest BCUT2D eigenvalue weighted by Gasteiger charge is -2.58. The molecule has 2 saturated heterocycles. The van der Waals surface area contributed by atoms with Crippen molar-refractivity contribution >= 4 is 17.5 Å². The van der Waals surface area contributed by atoms with Crippen molar-refractivity contribution in [2.45, 2.75) is 44.3 Å². The van der Waals surface area contributed by atoms with Crippen LogP contribution in [0.3, 0.4) is 0 Å². The Labute approximate surface area is 201 Å². The van der Waals surface area contributed by atoms with Gasteiger partial charge in [-0.25, -0.2) is 14.4 Å². The summed E-state index contributed by atoms with van der Waals surface area (Å²) in [7, 11) is 0. The van der Waals surface area contributed by atoms with Gasteiger partial charge in [-0.15, -0.1) is 10.2 Å². The van der Waals surface area contributed by atoms with Crippen LogP contribution in [0.2, 0.25) is 5.02 Å². The molecule has 176 valence electrons. The second-order valence-corrected chi connectivity index (χ2v) is 10.6. The SMILES string of the molecule is Fc1cnc(N2CC3(CC(c4nnc5n4-c4ccc(Cl)cc4CN([C@@H]4CCOC4)C5)C3)C2)nc1. The number of hydrogen-bond acceptors (Lipinski definition) is 7. The van der Waals surface area contributed by atoms with Crippen molar-refractivity contribution < 1.29 is 9.13 Å². The van der Waals surface area contributed by atoms with E-state index in [9.17, 15) is 4.39 Å². The van der Waals surface area contributed by atoms with Gasteiger partial charge in [0.2, 0.25) is 5.95 Å². The van der Waals surface area contributed by atoms with Crippen LogP contribution in [0.5, 0.6) is 0 Å². The summed E-state index contributed by atoms with van der Waals surface area (Å²) in [6.07, 6.45) is 5.62. The number of aromatic nitrogens is 5. The Balaban J connectivity index is 1.14. The fraction of sp³-hybridized carbons (Fsp3) is 0.500. The molecule has 0 N–H and O–H groups in total. The van der Waals surface area contributed by atoms with E-state index in [1.807, 2.05) is 6.07 Å². The van der Waals surface area contributed by atoms with Crippen molar-refractivity contribution in [2.75, 3.05) is 31.2 Å². The van der Waals surface area contributed by atoms with E-state index in [1.165, 1.54) is 18.0 Å². The Morgan fingerprint density at radius 1 is 1.09 bits per heavy atom. The average Bonchev–Trinajstić information content (AvgIpc) is 3.41. The second kappa shape index (κ2) is 7.69. The standard InChI is InChI=1S/C24H25ClFN7O/c25-17-1-2-20-15(5-17)10-31(19-3-4-34-12-19)11-21-29-30-22(33(20)21)16-6-24(7-16)13-32(14-24)23-27-8-18(26)9-28-23/h1-2,5,8-9,16,19H,3-4,6-7,10-14H2/t19-/m1/s1. The van der Waals surface area contributed by atoms with E-state index in [0.717, 1.165) is 81.0 Å². The number of hydrogen-bond donors (Lipinski definition) is 0. The topological polar surface area (TPSA) is 72.2 Å². The molecule has 1 saturated carbocycles. The first kappa shape index (κ1) is 20.7. The van der Waals surface area contributed by atoms with E-state index < -0.39 is 5.82 Å². The molecule has 4 aliphatic rings. The van der Waals surface area contributed by atoms with Crippen molar-refractivity contribution in [3.63, 3.8) is 0 Å². The largest absolute Gasteiger partial charge is 0.380 e. The third-order valence-corrected chi connectivity index (χ3v) is 8.08. The van der Waals surface area contributed by atoms with Gasteiger partial charge in [-0.2, -0.15) is 0 Å². The molecule has 1 aliphatic carbocycles. The summed E-state index contributed by atoms with van der Waals surface area (Å²) in [6.45, 7) is 4.95. The van der Waals surface area contributed by atoms with Gasteiger partial charge in [0.1, 0.15) is 5.82 Å². The Bertz CT molecular complexity index is 1230. The van der Waals surface area contributed by atoms with Crippen molar-refractivity contribution in [3.8, 4) is 5.69 Å². The summed E-state index contributed by atoms with van der Waals surface area (Å²) < 4.78 is 21.1. The molecule has 0 radical (unpaired) electrons. The summed E-state index contributed by atoms with van der Waals surface area (Å²) in [6, 6.07) is 6.53. The fourth-order valence-electron chi connectivity index (χ4n) is 6.18. The van der Waals surface area contributed by atoms with Crippen LogP contribution in [0.1, 0.15) is 42.4 Å². The van der Waals surface area contributed by atoms with Crippen molar-refractivity contribution in [3.05, 3.63) is 58.6 Å². The smallest absolute Gasteiger partial charge is 0.225 e. The predicted molar refractivity (Wildman–Crippen MR) is 123 cm³/mol. The van der Waals surface area contributed by atoms with E-state index in [1.54, 1.807) is 0 Å². The van der Waals surface area contributed by atoms with Crippen LogP contribution < -0.4 is 4.90 Å². The van der Waals surface area contributed by atoms with Crippen LogP contribution in [-0.2, 0) is 17.8 Å². The molecule has 5 heterocycles. The zero-order valence-corrected chi connectivity index (χ0v) is 19.5. The molecule has 34 heavy (non-hydrogen) atoms. The maximum atomic E-state index is 13.1. The van der Waals surface area contributed by atoms with E-state index in [2.05, 4.69) is 41.6 Å². The molecule has 1 aromatic carbocycles. The summed E-state index contributed by atoms with van der Waals surface area (Å²) in [5.41, 5.74) is 2.60. The monoisotopic (exact) mass is 481 g/mol. The molecule has 3 fully saturated rings. The lowest BCUT2D eigenvalue weighted by Crippen LogP contribution is -2.62. The van der Waals surface area contributed by atoms with Gasteiger partial charge in [-0.3, -0.25) is 9.47 Å². The van der Waals surface area contributed by atoms with Crippen LogP contribution in [0.25, 0.3) is 5.69 Å². The zero-order valence-electron chi connectivity index (χ0n) is 18.7. The quantitative estimate of drug-likeness (QED) is 0.568. The molecule has 3 aliphatic heterocycles. The lowest BCUT2D eigenvalue weighted by molar-refractivity contribution is 0.0574. The summed E-state index contributed by atoms with van der Waals surface area (Å²) in [4.78, 5) is 12.8. The van der Waals surface area contributed by atoms with Crippen LogP contribution in [-0.4, -0.2) is 62.0 Å². The molecule has 7 rings (SSSR count). The predicted octanol–water partition coefficient (Wildman–Crippen LogP) is 3.34. The highest BCUT2D eigenvalue weighted by Crippen LogP contribution is 2.56. The summed E-state index contributed by atoms with van der Waals surface area (Å²) in [5, 5.41) is 10.1. The van der Waals surface area contributed by atoms with Gasteiger partial charge >= 0.3 is 0 Å². The minimum Gasteiger partial charge on any atom is -0.380 e. The summed E-state index contributed by atoms with van der Waals surface area (Å²) >= 11 is 6.40. The molecule has 2 aromatic heterocycles. The van der Waals surface area contributed by atoms with E-state index in [0.29, 0.717) is 17.9 Å². The van der Waals surface area contributed by atoms with Crippen molar-refractivity contribution in [1.82, 2.24) is 29.6 Å². The minimum atomic E-state index is -0.407. The van der Waals surface area contributed by atoms with E-state index in [4.69, 9.17) is 21.4 Å². The molecule has 1 atom stereocenters. The Morgan fingerprint density at radius 3 is 2.68 bits per heavy atom. The maximum Gasteiger partial charge on any atom is 0.225 e. The first-order valence-corrected chi connectivity index (χ1v) is 12.2. The van der Waals surface area contributed by atoms with Gasteiger partial charge in [0.15, 0.2) is 11.6 Å². The van der Waals surface area contributed by atoms with Crippen LogP contribution in [0, 0.1) is 11.2 Å². The van der Waals surface area contributed by atoms with Gasteiger partial charge in [0, 0.05) is 48.6 Å².